The second kappa shape index (κ2) is 30.9. The highest BCUT2D eigenvalue weighted by Gasteiger charge is 2.24. The number of rotatable bonds is 24. The summed E-state index contributed by atoms with van der Waals surface area (Å²) in [4.78, 5) is 33.4. The Bertz CT molecular complexity index is 4540. The highest BCUT2D eigenvalue weighted by Crippen LogP contribution is 2.32. The van der Waals surface area contributed by atoms with Gasteiger partial charge in [-0.1, -0.05) is 41.5 Å². The molecule has 28 heteroatoms. The van der Waals surface area contributed by atoms with Crippen molar-refractivity contribution < 1.29 is 15.0 Å². The van der Waals surface area contributed by atoms with Crippen molar-refractivity contribution in [2.24, 2.45) is 0 Å². The molecule has 0 unspecified atom stereocenters. The van der Waals surface area contributed by atoms with E-state index in [0.29, 0.717) is 37.8 Å². The van der Waals surface area contributed by atoms with Gasteiger partial charge in [0.05, 0.1) is 182 Å². The van der Waals surface area contributed by atoms with E-state index in [0.717, 1.165) is 207 Å². The number of carbonyl (C=O) groups is 1. The van der Waals surface area contributed by atoms with E-state index in [1.54, 1.807) is 18.6 Å². The quantitative estimate of drug-likeness (QED) is 0.0512. The molecule has 0 aliphatic carbocycles. The number of amides is 1. The van der Waals surface area contributed by atoms with Gasteiger partial charge in [0, 0.05) is 129 Å². The Labute approximate surface area is 569 Å². The molecule has 3 saturated heterocycles. The van der Waals surface area contributed by atoms with Crippen molar-refractivity contribution in [3.05, 3.63) is 130 Å². The van der Waals surface area contributed by atoms with Gasteiger partial charge >= 0.3 is 0 Å². The van der Waals surface area contributed by atoms with Crippen molar-refractivity contribution in [1.82, 2.24) is 122 Å². The number of piperazine rings is 1. The number of hydrogen-bond acceptors (Lipinski definition) is 18. The van der Waals surface area contributed by atoms with E-state index in [1.165, 1.54) is 0 Å². The van der Waals surface area contributed by atoms with Gasteiger partial charge in [-0.15, -0.1) is 0 Å². The van der Waals surface area contributed by atoms with Crippen LogP contribution in [0.5, 0.6) is 0 Å². The highest BCUT2D eigenvalue weighted by molar-refractivity contribution is 5.81. The van der Waals surface area contributed by atoms with Gasteiger partial charge in [-0.25, -0.2) is 28.5 Å². The number of aliphatic hydroxyl groups is 2. The van der Waals surface area contributed by atoms with Gasteiger partial charge in [0.25, 0.3) is 0 Å². The van der Waals surface area contributed by atoms with Crippen LogP contribution in [0.3, 0.4) is 0 Å². The minimum atomic E-state index is -0.194. The molecular formula is C70H91N25O3. The fourth-order valence-electron chi connectivity index (χ4n) is 13.4. The number of aromatic nitrogens is 21. The Hall–Kier alpha value is -9.61. The van der Waals surface area contributed by atoms with Crippen LogP contribution in [-0.2, 0) is 24.4 Å². The number of likely N-dealkylation sites (tertiary alicyclic amines) is 2. The molecule has 98 heavy (non-hydrogen) atoms. The van der Waals surface area contributed by atoms with Crippen molar-refractivity contribution >= 4 is 22.5 Å². The number of aliphatic hydroxyl groups excluding tert-OH is 2. The minimum absolute atomic E-state index is 0.0826. The predicted octanol–water partition coefficient (Wildman–Crippen LogP) is 8.41. The lowest BCUT2D eigenvalue weighted by atomic mass is 10.1. The average Bonchev–Trinajstić information content (AvgIpc) is 1.62. The first-order valence-electron chi connectivity index (χ1n) is 35.0. The number of carbonyl (C=O) groups excluding carboxylic acids is 1. The lowest BCUT2D eigenvalue weighted by Crippen LogP contribution is -2.48. The third-order valence-corrected chi connectivity index (χ3v) is 19.4. The first-order valence-corrected chi connectivity index (χ1v) is 35.0. The van der Waals surface area contributed by atoms with Crippen molar-refractivity contribution in [2.75, 3.05) is 65.4 Å². The van der Waals surface area contributed by atoms with E-state index in [-0.39, 0.29) is 18.1 Å². The normalized spacial score (nSPS) is 15.9. The molecule has 15 heterocycles. The Morgan fingerprint density at radius 1 is 0.408 bits per heavy atom. The van der Waals surface area contributed by atoms with Crippen LogP contribution < -0.4 is 5.32 Å². The van der Waals surface area contributed by atoms with E-state index >= 15 is 0 Å². The highest BCUT2D eigenvalue weighted by atomic mass is 16.3. The first-order chi connectivity index (χ1) is 47.9. The number of fused-ring (bicyclic) bond motifs is 3. The Kier molecular flexibility index (Phi) is 21.1. The lowest BCUT2D eigenvalue weighted by Gasteiger charge is -2.29. The van der Waals surface area contributed by atoms with Crippen molar-refractivity contribution in [3.63, 3.8) is 0 Å². The Balaban J connectivity index is 0.000000132. The van der Waals surface area contributed by atoms with Gasteiger partial charge in [-0.2, -0.15) is 45.9 Å². The summed E-state index contributed by atoms with van der Waals surface area (Å²) in [6.07, 6.45) is 43.3. The summed E-state index contributed by atoms with van der Waals surface area (Å²) in [6, 6.07) is 7.10. The summed E-state index contributed by atoms with van der Waals surface area (Å²) in [5.74, 6) is 0.0826. The van der Waals surface area contributed by atoms with E-state index < -0.39 is 0 Å². The molecule has 12 aromatic rings. The summed E-state index contributed by atoms with van der Waals surface area (Å²) in [7, 11) is 0. The van der Waals surface area contributed by atoms with Gasteiger partial charge in [-0.3, -0.25) is 42.7 Å². The summed E-state index contributed by atoms with van der Waals surface area (Å²) < 4.78 is 17.6. The molecule has 0 spiro atoms. The van der Waals surface area contributed by atoms with Crippen LogP contribution in [0.4, 0.5) is 0 Å². The molecule has 3 N–H and O–H groups in total. The largest absolute Gasteiger partial charge is 0.393 e. The number of nitrogens with zero attached hydrogens (tertiary/aromatic N) is 24. The molecule has 514 valence electrons. The molecule has 0 bridgehead atoms. The summed E-state index contributed by atoms with van der Waals surface area (Å²) in [6.45, 7) is 23.6. The summed E-state index contributed by atoms with van der Waals surface area (Å²) in [5.41, 5.74) is 13.7. The molecule has 28 nitrogen and oxygen atoms in total. The standard InChI is InChI=1S/C24H32N8O.C23H29N9O.C23H30N8O/c1-3-20(4-2)31-16-19(14-27-31)24-23-5-8-25-32(23)17-22(28-24)18-13-26-30(15-18)12-11-29-9-6-21(33)7-10-29;1-3-19(4-2)31-14-18(12-27-31)23-21-5-6-25-32(21)15-20(28-23)17-11-26-30(13-17)10-9-29-8-7-24-22(33)16-29;1-3-19(4-2)30-14-18(12-26-30)23-22-5-7-24-31(22)16-21(27-23)17-11-25-29(13-17)10-9-28-8-6-20(32)15-28/h5,8,13-17,20-21,33H,3-4,6-7,9-12H2,1-2H3;5-6,11-15,19H,3-4,7-10,16H2,1-2H3,(H,24,33);5,7,11-14,16,19-20,32H,3-4,6,8-10,15H2,1-2H3/t;;20-/m..0/s1. The monoisotopic (exact) mass is 1330 g/mol. The second-order valence-corrected chi connectivity index (χ2v) is 25.9. The second-order valence-electron chi connectivity index (χ2n) is 25.9. The first kappa shape index (κ1) is 67.0. The van der Waals surface area contributed by atoms with Crippen LogP contribution in [0.25, 0.3) is 84.1 Å². The zero-order chi connectivity index (χ0) is 67.7. The molecule has 0 aromatic carbocycles. The fourth-order valence-corrected chi connectivity index (χ4v) is 13.4. The third kappa shape index (κ3) is 15.4. The number of piperidine rings is 1. The Morgan fingerprint density at radius 2 is 0.765 bits per heavy atom. The zero-order valence-corrected chi connectivity index (χ0v) is 57.1. The maximum atomic E-state index is 11.6. The maximum Gasteiger partial charge on any atom is 0.234 e. The van der Waals surface area contributed by atoms with E-state index in [4.69, 9.17) is 15.0 Å². The van der Waals surface area contributed by atoms with Crippen LogP contribution in [0, 0.1) is 0 Å². The van der Waals surface area contributed by atoms with E-state index in [1.807, 2.05) is 134 Å². The van der Waals surface area contributed by atoms with Crippen LogP contribution in [-0.4, -0.2) is 211 Å². The van der Waals surface area contributed by atoms with Crippen molar-refractivity contribution in [1.29, 1.82) is 0 Å². The molecule has 0 radical (unpaired) electrons. The Morgan fingerprint density at radius 3 is 1.13 bits per heavy atom. The average molecular weight is 1330 g/mol. The molecule has 0 saturated carbocycles. The van der Waals surface area contributed by atoms with Crippen LogP contribution in [0.15, 0.2) is 130 Å². The predicted molar refractivity (Wildman–Crippen MR) is 373 cm³/mol. The van der Waals surface area contributed by atoms with Crippen LogP contribution in [0.2, 0.25) is 0 Å². The molecule has 15 rings (SSSR count). The van der Waals surface area contributed by atoms with E-state index in [9.17, 15) is 15.0 Å². The van der Waals surface area contributed by atoms with Crippen molar-refractivity contribution in [2.45, 2.75) is 149 Å². The molecule has 12 aromatic heterocycles. The van der Waals surface area contributed by atoms with Crippen molar-refractivity contribution in [3.8, 4) is 67.5 Å². The van der Waals surface area contributed by atoms with Gasteiger partial charge in [-0.05, 0) is 76.0 Å². The molecule has 1 atom stereocenters. The zero-order valence-electron chi connectivity index (χ0n) is 57.1. The van der Waals surface area contributed by atoms with Gasteiger partial charge < -0.3 is 20.4 Å². The molecule has 3 fully saturated rings. The number of hydrogen-bond donors (Lipinski definition) is 3. The van der Waals surface area contributed by atoms with Gasteiger partial charge in [0.15, 0.2) is 0 Å². The summed E-state index contributed by atoms with van der Waals surface area (Å²) in [5, 5.41) is 63.1. The summed E-state index contributed by atoms with van der Waals surface area (Å²) >= 11 is 0. The molecular weight excluding hydrogens is 1240 g/mol. The number of nitrogens with one attached hydrogen (secondary N) is 1. The van der Waals surface area contributed by atoms with Gasteiger partial charge in [0.1, 0.15) is 0 Å². The molecule has 1 amide bonds. The third-order valence-electron chi connectivity index (χ3n) is 19.4. The van der Waals surface area contributed by atoms with Gasteiger partial charge in [0.2, 0.25) is 5.91 Å². The fraction of sp³-hybridized carbons (Fsp3) is 0.471. The lowest BCUT2D eigenvalue weighted by molar-refractivity contribution is -0.124. The smallest absolute Gasteiger partial charge is 0.234 e. The van der Waals surface area contributed by atoms with Crippen LogP contribution >= 0.6 is 0 Å². The molecule has 3 aliphatic rings. The van der Waals surface area contributed by atoms with Crippen LogP contribution in [0.1, 0.15) is 117 Å². The SMILES string of the molecule is CCC(CC)n1cc(-c2nc(-c3cnn(CCN4CCC(O)CC4)c3)cn3nccc23)cn1.CCC(CC)n1cc(-c2nc(-c3cnn(CCN4CCNC(=O)C4)c3)cn3nccc23)cn1.CCC(CC)n1cc(-c2nc(-c3cnn(CCN4CC[C@H](O)C4)c3)cn3nccc23)cn1. The number of β-amino-alcohol motifs (C(OH)–C–C–N with tert-alkyl or cyclic N) is 1. The molecule has 3 aliphatic heterocycles. The van der Waals surface area contributed by atoms with E-state index in [2.05, 4.69) is 126 Å². The maximum absolute atomic E-state index is 11.6. The topological polar surface area (TPSA) is 277 Å². The minimum Gasteiger partial charge on any atom is -0.393 e.